The van der Waals surface area contributed by atoms with E-state index in [9.17, 15) is 0 Å². The predicted molar refractivity (Wildman–Crippen MR) is 75.1 cm³/mol. The van der Waals surface area contributed by atoms with E-state index in [4.69, 9.17) is 4.74 Å². The fourth-order valence-electron chi connectivity index (χ4n) is 2.31. The molecule has 4 nitrogen and oxygen atoms in total. The Labute approximate surface area is 113 Å². The van der Waals surface area contributed by atoms with Crippen LogP contribution < -0.4 is 5.32 Å². The lowest BCUT2D eigenvalue weighted by Gasteiger charge is -2.22. The molecular weight excluding hydrogens is 238 g/mol. The molecule has 1 atom stereocenters. The number of nitrogens with zero attached hydrogens (tertiary/aromatic N) is 1. The highest BCUT2D eigenvalue weighted by atomic mass is 16.5. The molecule has 0 bridgehead atoms. The molecule has 1 saturated heterocycles. The fourth-order valence-corrected chi connectivity index (χ4v) is 2.31. The minimum Gasteiger partial charge on any atom is -0.375 e. The van der Waals surface area contributed by atoms with Crippen LogP contribution in [0, 0.1) is 6.92 Å². The van der Waals surface area contributed by atoms with Crippen molar-refractivity contribution in [1.29, 1.82) is 0 Å². The molecule has 0 spiro atoms. The first-order valence-corrected chi connectivity index (χ1v) is 6.74. The lowest BCUT2D eigenvalue weighted by atomic mass is 10.1. The zero-order valence-electron chi connectivity index (χ0n) is 11.1. The van der Waals surface area contributed by atoms with Gasteiger partial charge in [-0.2, -0.15) is 0 Å². The predicted octanol–water partition coefficient (Wildman–Crippen LogP) is 1.92. The molecule has 100 valence electrons. The van der Waals surface area contributed by atoms with Crippen LogP contribution in [0.1, 0.15) is 11.4 Å². The maximum absolute atomic E-state index is 5.69. The van der Waals surface area contributed by atoms with Gasteiger partial charge in [0.05, 0.1) is 24.6 Å². The highest BCUT2D eigenvalue weighted by Crippen LogP contribution is 2.18. The van der Waals surface area contributed by atoms with Crippen molar-refractivity contribution in [3.63, 3.8) is 0 Å². The largest absolute Gasteiger partial charge is 0.375 e. The van der Waals surface area contributed by atoms with Gasteiger partial charge >= 0.3 is 0 Å². The Hall–Kier alpha value is -1.65. The van der Waals surface area contributed by atoms with Gasteiger partial charge < -0.3 is 15.0 Å². The molecule has 2 N–H and O–H groups in total. The summed E-state index contributed by atoms with van der Waals surface area (Å²) in [5.41, 5.74) is 3.51. The van der Waals surface area contributed by atoms with E-state index in [0.29, 0.717) is 0 Å². The quantitative estimate of drug-likeness (QED) is 0.883. The molecule has 1 aromatic carbocycles. The molecule has 2 heterocycles. The number of hydrogen-bond acceptors (Lipinski definition) is 3. The first-order chi connectivity index (χ1) is 9.31. The summed E-state index contributed by atoms with van der Waals surface area (Å²) >= 11 is 0. The standard InChI is InChI=1S/C15H19N3O/c1-11-2-4-12(5-3-11)14-10-17-15(18-14)8-13-9-16-6-7-19-13/h2-5,10,13,16H,6-9H2,1H3,(H,17,18). The van der Waals surface area contributed by atoms with E-state index in [1.54, 1.807) is 0 Å². The molecule has 0 aliphatic carbocycles. The van der Waals surface area contributed by atoms with Crippen LogP contribution in [0.2, 0.25) is 0 Å². The van der Waals surface area contributed by atoms with Gasteiger partial charge in [0.2, 0.25) is 0 Å². The molecule has 1 fully saturated rings. The van der Waals surface area contributed by atoms with E-state index in [2.05, 4.69) is 46.5 Å². The first-order valence-electron chi connectivity index (χ1n) is 6.74. The molecule has 1 aliphatic heterocycles. The third-order valence-corrected chi connectivity index (χ3v) is 3.42. The number of hydrogen-bond donors (Lipinski definition) is 2. The van der Waals surface area contributed by atoms with Gasteiger partial charge in [0.1, 0.15) is 5.82 Å². The maximum atomic E-state index is 5.69. The van der Waals surface area contributed by atoms with Gasteiger partial charge in [-0.05, 0) is 12.5 Å². The molecule has 0 amide bonds. The summed E-state index contributed by atoms with van der Waals surface area (Å²) in [7, 11) is 0. The molecule has 2 aromatic rings. The van der Waals surface area contributed by atoms with E-state index >= 15 is 0 Å². The average molecular weight is 257 g/mol. The number of aryl methyl sites for hydroxylation is 1. The van der Waals surface area contributed by atoms with E-state index in [1.165, 1.54) is 11.1 Å². The zero-order chi connectivity index (χ0) is 13.1. The average Bonchev–Trinajstić information content (AvgIpc) is 2.89. The second kappa shape index (κ2) is 5.55. The van der Waals surface area contributed by atoms with Gasteiger partial charge in [0.25, 0.3) is 0 Å². The van der Waals surface area contributed by atoms with E-state index in [1.807, 2.05) is 6.20 Å². The first kappa shape index (κ1) is 12.4. The third kappa shape index (κ3) is 3.03. The van der Waals surface area contributed by atoms with Crippen LogP contribution in [0.4, 0.5) is 0 Å². The van der Waals surface area contributed by atoms with Gasteiger partial charge in [0.15, 0.2) is 0 Å². The minimum atomic E-state index is 0.228. The van der Waals surface area contributed by atoms with Crippen LogP contribution in [-0.4, -0.2) is 35.8 Å². The normalized spacial score (nSPS) is 19.5. The van der Waals surface area contributed by atoms with Gasteiger partial charge in [-0.1, -0.05) is 29.8 Å². The number of morpholine rings is 1. The number of rotatable bonds is 3. The summed E-state index contributed by atoms with van der Waals surface area (Å²) in [6.07, 6.45) is 2.96. The van der Waals surface area contributed by atoms with E-state index < -0.39 is 0 Å². The number of aromatic nitrogens is 2. The van der Waals surface area contributed by atoms with Gasteiger partial charge in [0, 0.05) is 19.5 Å². The summed E-state index contributed by atoms with van der Waals surface area (Å²) in [5.74, 6) is 0.990. The Bertz CT molecular complexity index is 527. The third-order valence-electron chi connectivity index (χ3n) is 3.42. The lowest BCUT2D eigenvalue weighted by Crippen LogP contribution is -2.39. The summed E-state index contributed by atoms with van der Waals surface area (Å²) in [6, 6.07) is 8.46. The van der Waals surface area contributed by atoms with Crippen molar-refractivity contribution in [1.82, 2.24) is 15.3 Å². The molecule has 1 unspecified atom stereocenters. The smallest absolute Gasteiger partial charge is 0.109 e. The van der Waals surface area contributed by atoms with Crippen molar-refractivity contribution < 1.29 is 4.74 Å². The maximum Gasteiger partial charge on any atom is 0.109 e. The van der Waals surface area contributed by atoms with Gasteiger partial charge in [-0.3, -0.25) is 0 Å². The van der Waals surface area contributed by atoms with Crippen LogP contribution in [0.3, 0.4) is 0 Å². The Morgan fingerprint density at radius 1 is 1.32 bits per heavy atom. The number of imidazole rings is 1. The summed E-state index contributed by atoms with van der Waals surface area (Å²) < 4.78 is 5.69. The number of ether oxygens (including phenoxy) is 1. The molecule has 3 rings (SSSR count). The van der Waals surface area contributed by atoms with Crippen molar-refractivity contribution in [2.75, 3.05) is 19.7 Å². The fraction of sp³-hybridized carbons (Fsp3) is 0.400. The van der Waals surface area contributed by atoms with Gasteiger partial charge in [-0.25, -0.2) is 4.98 Å². The van der Waals surface area contributed by atoms with Crippen molar-refractivity contribution in [3.8, 4) is 11.3 Å². The molecule has 1 aromatic heterocycles. The number of benzene rings is 1. The Morgan fingerprint density at radius 3 is 2.89 bits per heavy atom. The Morgan fingerprint density at radius 2 is 2.16 bits per heavy atom. The van der Waals surface area contributed by atoms with Crippen LogP contribution in [0.25, 0.3) is 11.3 Å². The second-order valence-electron chi connectivity index (χ2n) is 5.01. The molecule has 0 saturated carbocycles. The zero-order valence-corrected chi connectivity index (χ0v) is 11.1. The highest BCUT2D eigenvalue weighted by Gasteiger charge is 2.15. The topological polar surface area (TPSA) is 49.9 Å². The number of aromatic amines is 1. The van der Waals surface area contributed by atoms with Crippen molar-refractivity contribution in [2.45, 2.75) is 19.4 Å². The summed E-state index contributed by atoms with van der Waals surface area (Å²) in [6.45, 7) is 4.73. The van der Waals surface area contributed by atoms with Crippen molar-refractivity contribution >= 4 is 0 Å². The van der Waals surface area contributed by atoms with Crippen molar-refractivity contribution in [2.24, 2.45) is 0 Å². The van der Waals surface area contributed by atoms with Crippen LogP contribution in [0.15, 0.2) is 30.5 Å². The monoisotopic (exact) mass is 257 g/mol. The van der Waals surface area contributed by atoms with Crippen molar-refractivity contribution in [3.05, 3.63) is 41.9 Å². The van der Waals surface area contributed by atoms with E-state index in [-0.39, 0.29) is 6.10 Å². The second-order valence-corrected chi connectivity index (χ2v) is 5.01. The van der Waals surface area contributed by atoms with E-state index in [0.717, 1.165) is 37.6 Å². The molecule has 4 heteroatoms. The summed E-state index contributed by atoms with van der Waals surface area (Å²) in [4.78, 5) is 7.82. The molecule has 1 aliphatic rings. The minimum absolute atomic E-state index is 0.228. The number of H-pyrrole nitrogens is 1. The summed E-state index contributed by atoms with van der Waals surface area (Å²) in [5, 5.41) is 3.33. The molecule has 0 radical (unpaired) electrons. The van der Waals surface area contributed by atoms with Crippen LogP contribution in [-0.2, 0) is 11.2 Å². The SMILES string of the molecule is Cc1ccc(-c2cnc(CC3CNCCO3)[nH]2)cc1. The Balaban J connectivity index is 1.70. The molecular formula is C15H19N3O. The number of nitrogens with one attached hydrogen (secondary N) is 2. The Kier molecular flexibility index (Phi) is 3.62. The lowest BCUT2D eigenvalue weighted by molar-refractivity contribution is 0.0281. The highest BCUT2D eigenvalue weighted by molar-refractivity contribution is 5.58. The van der Waals surface area contributed by atoms with Crippen LogP contribution in [0.5, 0.6) is 0 Å². The van der Waals surface area contributed by atoms with Crippen LogP contribution >= 0.6 is 0 Å². The van der Waals surface area contributed by atoms with Gasteiger partial charge in [-0.15, -0.1) is 0 Å². The molecule has 19 heavy (non-hydrogen) atoms.